The largest absolute Gasteiger partial charge is 0.364 e. The van der Waals surface area contributed by atoms with Crippen molar-refractivity contribution in [2.75, 3.05) is 5.32 Å². The van der Waals surface area contributed by atoms with E-state index in [2.05, 4.69) is 20.3 Å². The Labute approximate surface area is 100 Å². The molecular formula is C13H14N4. The predicted octanol–water partition coefficient (Wildman–Crippen LogP) is 2.36. The molecule has 2 heterocycles. The fourth-order valence-corrected chi connectivity index (χ4v) is 1.69. The summed E-state index contributed by atoms with van der Waals surface area (Å²) in [5, 5.41) is 3.27. The van der Waals surface area contributed by atoms with Crippen molar-refractivity contribution in [1.29, 1.82) is 0 Å². The fourth-order valence-electron chi connectivity index (χ4n) is 1.69. The molecule has 1 fully saturated rings. The lowest BCUT2D eigenvalue weighted by Crippen LogP contribution is -2.04. The highest BCUT2D eigenvalue weighted by atomic mass is 15.0. The summed E-state index contributed by atoms with van der Waals surface area (Å²) in [5.41, 5.74) is 1.01. The van der Waals surface area contributed by atoms with E-state index in [4.69, 9.17) is 0 Å². The number of anilines is 1. The second-order valence-corrected chi connectivity index (χ2v) is 4.25. The Morgan fingerprint density at radius 1 is 1.12 bits per heavy atom. The van der Waals surface area contributed by atoms with E-state index in [0.717, 1.165) is 17.3 Å². The minimum atomic E-state index is 0.589. The zero-order chi connectivity index (χ0) is 11.5. The lowest BCUT2D eigenvalue weighted by Gasteiger charge is -2.05. The van der Waals surface area contributed by atoms with E-state index in [9.17, 15) is 0 Å². The molecule has 4 heteroatoms. The molecule has 1 N–H and O–H groups in total. The van der Waals surface area contributed by atoms with Crippen molar-refractivity contribution in [3.63, 3.8) is 0 Å². The molecular weight excluding hydrogens is 212 g/mol. The number of hydrogen-bond acceptors (Lipinski definition) is 4. The minimum absolute atomic E-state index is 0.589. The molecule has 1 aliphatic carbocycles. The second kappa shape index (κ2) is 4.49. The SMILES string of the molecule is c1ccc(CNc2ccnc(C3CC3)n2)nc1. The van der Waals surface area contributed by atoms with Gasteiger partial charge in [-0.05, 0) is 31.0 Å². The summed E-state index contributed by atoms with van der Waals surface area (Å²) < 4.78 is 0. The topological polar surface area (TPSA) is 50.7 Å². The third-order valence-electron chi connectivity index (χ3n) is 2.79. The Kier molecular flexibility index (Phi) is 2.69. The molecule has 0 spiro atoms. The maximum Gasteiger partial charge on any atom is 0.133 e. The molecule has 1 saturated carbocycles. The van der Waals surface area contributed by atoms with Crippen molar-refractivity contribution in [1.82, 2.24) is 15.0 Å². The quantitative estimate of drug-likeness (QED) is 0.869. The summed E-state index contributed by atoms with van der Waals surface area (Å²) >= 11 is 0. The van der Waals surface area contributed by atoms with E-state index < -0.39 is 0 Å². The first-order valence-electron chi connectivity index (χ1n) is 5.88. The minimum Gasteiger partial charge on any atom is -0.364 e. The van der Waals surface area contributed by atoms with Crippen LogP contribution in [0.1, 0.15) is 30.3 Å². The van der Waals surface area contributed by atoms with Crippen LogP contribution in [0.3, 0.4) is 0 Å². The molecule has 0 aromatic carbocycles. The molecule has 2 aromatic rings. The van der Waals surface area contributed by atoms with Crippen LogP contribution in [0, 0.1) is 0 Å². The van der Waals surface area contributed by atoms with E-state index in [1.807, 2.05) is 30.5 Å². The van der Waals surface area contributed by atoms with Crippen molar-refractivity contribution >= 4 is 5.82 Å². The van der Waals surface area contributed by atoms with E-state index in [0.29, 0.717) is 12.5 Å². The van der Waals surface area contributed by atoms with Crippen LogP contribution in [0.5, 0.6) is 0 Å². The molecule has 0 atom stereocenters. The molecule has 0 amide bonds. The normalized spacial score (nSPS) is 14.6. The average Bonchev–Trinajstić information content (AvgIpc) is 3.22. The molecule has 0 saturated heterocycles. The van der Waals surface area contributed by atoms with Gasteiger partial charge in [-0.15, -0.1) is 0 Å². The van der Waals surface area contributed by atoms with Gasteiger partial charge >= 0.3 is 0 Å². The van der Waals surface area contributed by atoms with Crippen LogP contribution < -0.4 is 5.32 Å². The number of pyridine rings is 1. The summed E-state index contributed by atoms with van der Waals surface area (Å²) in [5.74, 6) is 2.44. The van der Waals surface area contributed by atoms with Crippen molar-refractivity contribution in [2.24, 2.45) is 0 Å². The van der Waals surface area contributed by atoms with Gasteiger partial charge in [0, 0.05) is 18.3 Å². The number of hydrogen-bond donors (Lipinski definition) is 1. The Hall–Kier alpha value is -1.97. The molecule has 0 bridgehead atoms. The summed E-state index contributed by atoms with van der Waals surface area (Å²) in [4.78, 5) is 13.0. The lowest BCUT2D eigenvalue weighted by atomic mass is 10.3. The molecule has 17 heavy (non-hydrogen) atoms. The molecule has 86 valence electrons. The van der Waals surface area contributed by atoms with E-state index in [-0.39, 0.29) is 0 Å². The molecule has 1 aliphatic rings. The first-order valence-corrected chi connectivity index (χ1v) is 5.88. The Morgan fingerprint density at radius 3 is 2.82 bits per heavy atom. The zero-order valence-corrected chi connectivity index (χ0v) is 9.50. The van der Waals surface area contributed by atoms with Crippen molar-refractivity contribution in [3.8, 4) is 0 Å². The van der Waals surface area contributed by atoms with E-state index in [1.165, 1.54) is 12.8 Å². The number of rotatable bonds is 4. The van der Waals surface area contributed by atoms with Gasteiger partial charge in [0.25, 0.3) is 0 Å². The van der Waals surface area contributed by atoms with Gasteiger partial charge in [-0.2, -0.15) is 0 Å². The van der Waals surface area contributed by atoms with Gasteiger partial charge in [0.05, 0.1) is 12.2 Å². The van der Waals surface area contributed by atoms with E-state index >= 15 is 0 Å². The maximum absolute atomic E-state index is 4.50. The third-order valence-corrected chi connectivity index (χ3v) is 2.79. The van der Waals surface area contributed by atoms with Crippen molar-refractivity contribution in [3.05, 3.63) is 48.2 Å². The summed E-state index contributed by atoms with van der Waals surface area (Å²) in [7, 11) is 0. The molecule has 0 radical (unpaired) electrons. The molecule has 0 unspecified atom stereocenters. The predicted molar refractivity (Wildman–Crippen MR) is 65.6 cm³/mol. The highest BCUT2D eigenvalue weighted by molar-refractivity contribution is 5.34. The van der Waals surface area contributed by atoms with Gasteiger partial charge in [0.15, 0.2) is 0 Å². The van der Waals surface area contributed by atoms with Crippen molar-refractivity contribution < 1.29 is 0 Å². The molecule has 2 aromatic heterocycles. The first kappa shape index (κ1) is 10.2. The summed E-state index contributed by atoms with van der Waals surface area (Å²) in [6.07, 6.45) is 6.07. The van der Waals surface area contributed by atoms with Crippen LogP contribution in [-0.4, -0.2) is 15.0 Å². The number of nitrogens with one attached hydrogen (secondary N) is 1. The van der Waals surface area contributed by atoms with Crippen LogP contribution in [0.4, 0.5) is 5.82 Å². The van der Waals surface area contributed by atoms with Gasteiger partial charge < -0.3 is 5.32 Å². The number of aromatic nitrogens is 3. The second-order valence-electron chi connectivity index (χ2n) is 4.25. The lowest BCUT2D eigenvalue weighted by molar-refractivity contribution is 0.916. The Morgan fingerprint density at radius 2 is 2.06 bits per heavy atom. The van der Waals surface area contributed by atoms with Crippen LogP contribution >= 0.6 is 0 Å². The molecule has 3 rings (SSSR count). The van der Waals surface area contributed by atoms with Crippen LogP contribution in [0.2, 0.25) is 0 Å². The van der Waals surface area contributed by atoms with Crippen LogP contribution in [0.15, 0.2) is 36.7 Å². The van der Waals surface area contributed by atoms with Gasteiger partial charge in [0.2, 0.25) is 0 Å². The monoisotopic (exact) mass is 226 g/mol. The summed E-state index contributed by atoms with van der Waals surface area (Å²) in [6, 6.07) is 7.80. The standard InChI is InChI=1S/C13H14N4/c1-2-7-14-11(3-1)9-16-12-6-8-15-13(17-12)10-4-5-10/h1-3,6-8,10H,4-5,9H2,(H,15,16,17). The van der Waals surface area contributed by atoms with Gasteiger partial charge in [-0.1, -0.05) is 6.07 Å². The fraction of sp³-hybridized carbons (Fsp3) is 0.308. The van der Waals surface area contributed by atoms with Crippen LogP contribution in [0.25, 0.3) is 0 Å². The van der Waals surface area contributed by atoms with Gasteiger partial charge in [-0.25, -0.2) is 9.97 Å². The smallest absolute Gasteiger partial charge is 0.133 e. The highest BCUT2D eigenvalue weighted by Gasteiger charge is 2.26. The van der Waals surface area contributed by atoms with Crippen molar-refractivity contribution in [2.45, 2.75) is 25.3 Å². The molecule has 4 nitrogen and oxygen atoms in total. The molecule has 0 aliphatic heterocycles. The van der Waals surface area contributed by atoms with E-state index in [1.54, 1.807) is 6.20 Å². The summed E-state index contributed by atoms with van der Waals surface area (Å²) in [6.45, 7) is 0.696. The zero-order valence-electron chi connectivity index (χ0n) is 9.50. The van der Waals surface area contributed by atoms with Gasteiger partial charge in [0.1, 0.15) is 11.6 Å². The Balaban J connectivity index is 1.66. The maximum atomic E-state index is 4.50. The number of nitrogens with zero attached hydrogens (tertiary/aromatic N) is 3. The third kappa shape index (κ3) is 2.58. The first-order chi connectivity index (χ1) is 8.42. The Bertz CT molecular complexity index is 494. The highest BCUT2D eigenvalue weighted by Crippen LogP contribution is 2.37. The van der Waals surface area contributed by atoms with Crippen LogP contribution in [-0.2, 0) is 6.54 Å². The van der Waals surface area contributed by atoms with Gasteiger partial charge in [-0.3, -0.25) is 4.98 Å². The average molecular weight is 226 g/mol.